The highest BCUT2D eigenvalue weighted by atomic mass is 35.5. The second kappa shape index (κ2) is 9.13. The maximum atomic E-state index is 12.0. The molecule has 0 aliphatic rings. The molecule has 0 spiro atoms. The molecule has 0 aliphatic heterocycles. The number of aryl methyl sites for hydroxylation is 1. The Bertz CT molecular complexity index is 797. The van der Waals surface area contributed by atoms with Gasteiger partial charge in [0.2, 0.25) is 11.8 Å². The Labute approximate surface area is 161 Å². The van der Waals surface area contributed by atoms with Crippen molar-refractivity contribution in [3.8, 4) is 0 Å². The van der Waals surface area contributed by atoms with Crippen LogP contribution >= 0.6 is 35.0 Å². The van der Waals surface area contributed by atoms with Gasteiger partial charge >= 0.3 is 0 Å². The van der Waals surface area contributed by atoms with Crippen LogP contribution in [0.2, 0.25) is 10.0 Å². The normalized spacial score (nSPS) is 10.4. The average molecular weight is 397 g/mol. The van der Waals surface area contributed by atoms with Gasteiger partial charge in [-0.3, -0.25) is 9.59 Å². The predicted octanol–water partition coefficient (Wildman–Crippen LogP) is 4.92. The Morgan fingerprint density at radius 2 is 1.60 bits per heavy atom. The fraction of sp³-hybridized carbons (Fsp3) is 0.222. The second-order valence-corrected chi connectivity index (χ2v) is 7.29. The number of nitrogens with one attached hydrogen (secondary N) is 2. The lowest BCUT2D eigenvalue weighted by Gasteiger charge is -2.10. The van der Waals surface area contributed by atoms with Crippen LogP contribution in [-0.2, 0) is 9.59 Å². The molecule has 2 rings (SSSR count). The van der Waals surface area contributed by atoms with E-state index in [1.54, 1.807) is 36.4 Å². The van der Waals surface area contributed by atoms with Crippen LogP contribution in [0.5, 0.6) is 0 Å². The molecule has 0 saturated carbocycles. The maximum Gasteiger partial charge on any atom is 0.234 e. The summed E-state index contributed by atoms with van der Waals surface area (Å²) in [5.41, 5.74) is 3.10. The summed E-state index contributed by atoms with van der Waals surface area (Å²) in [5.74, 6) is 0.0243. The molecule has 0 unspecified atom stereocenters. The van der Waals surface area contributed by atoms with Gasteiger partial charge in [-0.15, -0.1) is 11.8 Å². The number of thioether (sulfide) groups is 1. The average Bonchev–Trinajstić information content (AvgIpc) is 2.54. The van der Waals surface area contributed by atoms with E-state index in [0.29, 0.717) is 21.4 Å². The van der Waals surface area contributed by atoms with Gasteiger partial charge in [-0.05, 0) is 55.3 Å². The number of halogens is 2. The van der Waals surface area contributed by atoms with Crippen molar-refractivity contribution in [2.75, 3.05) is 22.1 Å². The van der Waals surface area contributed by atoms with E-state index in [2.05, 4.69) is 10.6 Å². The summed E-state index contributed by atoms with van der Waals surface area (Å²) in [5, 5.41) is 6.83. The molecule has 7 heteroatoms. The quantitative estimate of drug-likeness (QED) is 0.728. The minimum Gasteiger partial charge on any atom is -0.325 e. The van der Waals surface area contributed by atoms with Gasteiger partial charge in [0.25, 0.3) is 0 Å². The van der Waals surface area contributed by atoms with E-state index in [1.807, 2.05) is 13.8 Å². The molecule has 0 aromatic heterocycles. The van der Waals surface area contributed by atoms with Gasteiger partial charge in [-0.2, -0.15) is 0 Å². The number of benzene rings is 2. The number of rotatable bonds is 6. The number of hydrogen-bond donors (Lipinski definition) is 2. The van der Waals surface area contributed by atoms with Crippen molar-refractivity contribution in [1.82, 2.24) is 0 Å². The van der Waals surface area contributed by atoms with Crippen LogP contribution in [-0.4, -0.2) is 23.3 Å². The lowest BCUT2D eigenvalue weighted by atomic mass is 10.2. The molecule has 0 atom stereocenters. The number of carbonyl (C=O) groups excluding carboxylic acids is 2. The van der Waals surface area contributed by atoms with Crippen molar-refractivity contribution in [3.63, 3.8) is 0 Å². The highest BCUT2D eigenvalue weighted by Crippen LogP contribution is 2.23. The molecule has 4 nitrogen and oxygen atoms in total. The molecule has 0 radical (unpaired) electrons. The van der Waals surface area contributed by atoms with Crippen LogP contribution in [0.3, 0.4) is 0 Å². The Morgan fingerprint density at radius 3 is 2.24 bits per heavy atom. The zero-order chi connectivity index (χ0) is 18.4. The summed E-state index contributed by atoms with van der Waals surface area (Å²) in [7, 11) is 0. The van der Waals surface area contributed by atoms with E-state index in [9.17, 15) is 9.59 Å². The van der Waals surface area contributed by atoms with Gasteiger partial charge in [0.1, 0.15) is 0 Å². The standard InChI is InChI=1S/C18H18Cl2N2O2S/c1-11-8-13(19)6-7-15(11)21-17(23)9-25-10-18(24)22-16-5-3-4-14(20)12(16)2/h3-8H,9-10H2,1-2H3,(H,21,23)(H,22,24). The van der Waals surface area contributed by atoms with Crippen molar-refractivity contribution in [2.24, 2.45) is 0 Å². The maximum absolute atomic E-state index is 12.0. The number of hydrogen-bond acceptors (Lipinski definition) is 3. The molecule has 0 heterocycles. The number of carbonyl (C=O) groups is 2. The van der Waals surface area contributed by atoms with Crippen molar-refractivity contribution >= 4 is 58.2 Å². The molecule has 2 N–H and O–H groups in total. The molecular weight excluding hydrogens is 379 g/mol. The first kappa shape index (κ1) is 19.6. The van der Waals surface area contributed by atoms with Gasteiger partial charge in [-0.25, -0.2) is 0 Å². The highest BCUT2D eigenvalue weighted by Gasteiger charge is 2.09. The van der Waals surface area contributed by atoms with Gasteiger partial charge in [-0.1, -0.05) is 29.3 Å². The Balaban J connectivity index is 1.78. The van der Waals surface area contributed by atoms with Crippen LogP contribution < -0.4 is 10.6 Å². The fourth-order valence-electron chi connectivity index (χ4n) is 2.12. The first-order valence-electron chi connectivity index (χ1n) is 7.55. The fourth-order valence-corrected chi connectivity index (χ4v) is 3.14. The van der Waals surface area contributed by atoms with E-state index < -0.39 is 0 Å². The van der Waals surface area contributed by atoms with Crippen LogP contribution in [0.4, 0.5) is 11.4 Å². The molecular formula is C18H18Cl2N2O2S. The molecule has 2 amide bonds. The van der Waals surface area contributed by atoms with Crippen molar-refractivity contribution in [2.45, 2.75) is 13.8 Å². The van der Waals surface area contributed by atoms with Gasteiger partial charge < -0.3 is 10.6 Å². The van der Waals surface area contributed by atoms with E-state index in [-0.39, 0.29) is 23.3 Å². The third-order valence-electron chi connectivity index (χ3n) is 3.47. The minimum absolute atomic E-state index is 0.165. The molecule has 25 heavy (non-hydrogen) atoms. The monoisotopic (exact) mass is 396 g/mol. The SMILES string of the molecule is Cc1cc(Cl)ccc1NC(=O)CSCC(=O)Nc1cccc(Cl)c1C. The summed E-state index contributed by atoms with van der Waals surface area (Å²) in [6.07, 6.45) is 0. The Kier molecular flexibility index (Phi) is 7.17. The summed E-state index contributed by atoms with van der Waals surface area (Å²) >= 11 is 13.2. The molecule has 2 aromatic carbocycles. The first-order chi connectivity index (χ1) is 11.9. The summed E-state index contributed by atoms with van der Waals surface area (Å²) in [4.78, 5) is 24.0. The van der Waals surface area contributed by atoms with E-state index >= 15 is 0 Å². The number of amides is 2. The van der Waals surface area contributed by atoms with Crippen LogP contribution in [0.15, 0.2) is 36.4 Å². The highest BCUT2D eigenvalue weighted by molar-refractivity contribution is 8.00. The summed E-state index contributed by atoms with van der Waals surface area (Å²) < 4.78 is 0. The zero-order valence-electron chi connectivity index (χ0n) is 13.9. The van der Waals surface area contributed by atoms with E-state index in [1.165, 1.54) is 11.8 Å². The van der Waals surface area contributed by atoms with Crippen molar-refractivity contribution in [1.29, 1.82) is 0 Å². The lowest BCUT2D eigenvalue weighted by molar-refractivity contribution is -0.114. The summed E-state index contributed by atoms with van der Waals surface area (Å²) in [6.45, 7) is 3.71. The predicted molar refractivity (Wildman–Crippen MR) is 107 cm³/mol. The van der Waals surface area contributed by atoms with Gasteiger partial charge in [0, 0.05) is 21.4 Å². The van der Waals surface area contributed by atoms with E-state index in [0.717, 1.165) is 11.1 Å². The second-order valence-electron chi connectivity index (χ2n) is 5.46. The minimum atomic E-state index is -0.175. The Morgan fingerprint density at radius 1 is 0.960 bits per heavy atom. The molecule has 2 aromatic rings. The molecule has 0 fully saturated rings. The zero-order valence-corrected chi connectivity index (χ0v) is 16.2. The van der Waals surface area contributed by atoms with Gasteiger partial charge in [0.05, 0.1) is 11.5 Å². The smallest absolute Gasteiger partial charge is 0.234 e. The van der Waals surface area contributed by atoms with E-state index in [4.69, 9.17) is 23.2 Å². The Hall–Kier alpha value is -1.69. The molecule has 132 valence electrons. The molecule has 0 aliphatic carbocycles. The van der Waals surface area contributed by atoms with Crippen molar-refractivity contribution < 1.29 is 9.59 Å². The third kappa shape index (κ3) is 5.96. The summed E-state index contributed by atoms with van der Waals surface area (Å²) in [6, 6.07) is 10.6. The van der Waals surface area contributed by atoms with Crippen molar-refractivity contribution in [3.05, 3.63) is 57.6 Å². The van der Waals surface area contributed by atoms with Crippen LogP contribution in [0.25, 0.3) is 0 Å². The third-order valence-corrected chi connectivity index (χ3v) is 5.05. The topological polar surface area (TPSA) is 58.2 Å². The molecule has 0 saturated heterocycles. The van der Waals surface area contributed by atoms with Gasteiger partial charge in [0.15, 0.2) is 0 Å². The first-order valence-corrected chi connectivity index (χ1v) is 9.46. The van der Waals surface area contributed by atoms with Crippen LogP contribution in [0, 0.1) is 13.8 Å². The lowest BCUT2D eigenvalue weighted by Crippen LogP contribution is -2.19. The number of anilines is 2. The molecule has 0 bridgehead atoms. The van der Waals surface area contributed by atoms with Crippen LogP contribution in [0.1, 0.15) is 11.1 Å². The largest absolute Gasteiger partial charge is 0.325 e.